The van der Waals surface area contributed by atoms with E-state index in [0.717, 1.165) is 5.56 Å². The Balaban J connectivity index is 1.38. The number of aliphatic carboxylic acids is 1. The van der Waals surface area contributed by atoms with Gasteiger partial charge in [-0.15, -0.1) is 0 Å². The highest BCUT2D eigenvalue weighted by Gasteiger charge is 2.19. The molecule has 44 heavy (non-hydrogen) atoms. The van der Waals surface area contributed by atoms with Crippen molar-refractivity contribution in [2.45, 2.75) is 25.8 Å². The Morgan fingerprint density at radius 1 is 1.00 bits per heavy atom. The number of carboxylic acid groups (broad SMARTS) is 1. The maximum atomic E-state index is 13.4. The molecular formula is C32H28ClN3O8. The van der Waals surface area contributed by atoms with Gasteiger partial charge in [-0.3, -0.25) is 19.5 Å². The molecule has 1 aromatic heterocycles. The van der Waals surface area contributed by atoms with E-state index in [0.29, 0.717) is 52.8 Å². The second-order valence-electron chi connectivity index (χ2n) is 9.77. The van der Waals surface area contributed by atoms with E-state index >= 15 is 0 Å². The molecule has 0 radical (unpaired) electrons. The number of ether oxygens (including phenoxy) is 4. The number of carbonyl (C=O) groups is 1. The second-order valence-corrected chi connectivity index (χ2v) is 10.2. The fourth-order valence-electron chi connectivity index (χ4n) is 4.50. The first-order chi connectivity index (χ1) is 21.4. The highest BCUT2D eigenvalue weighted by atomic mass is 35.5. The molecule has 1 atom stereocenters. The van der Waals surface area contributed by atoms with Crippen LogP contribution in [0, 0.1) is 11.3 Å². The fraction of sp³-hybridized carbons (Fsp3) is 0.219. The van der Waals surface area contributed by atoms with Crippen LogP contribution in [0.15, 0.2) is 77.7 Å². The molecule has 0 fully saturated rings. The summed E-state index contributed by atoms with van der Waals surface area (Å²) in [7, 11) is 0. The number of hydrogen-bond donors (Lipinski definition) is 3. The molecule has 226 valence electrons. The number of aliphatic hydroxyl groups is 1. The average molecular weight is 618 g/mol. The van der Waals surface area contributed by atoms with Crippen LogP contribution in [0.2, 0.25) is 5.02 Å². The molecule has 3 aromatic carbocycles. The Kier molecular flexibility index (Phi) is 9.66. The van der Waals surface area contributed by atoms with Gasteiger partial charge in [0, 0.05) is 30.4 Å². The standard InChI is InChI=1S/C32H28ClN3O8/c33-25-12-23(16-35-26(17-37)32(39)40)28(43-18-21-4-1-3-20(11-21)15-34)14-29(25)44-19-22-5-2-8-36(31(22)38)24-6-7-27-30(13-24)42-10-9-41-27/h1-8,11-14,26,35,37H,9-10,16-19H2,(H,39,40). The van der Waals surface area contributed by atoms with E-state index in [4.69, 9.17) is 30.5 Å². The van der Waals surface area contributed by atoms with E-state index in [2.05, 4.69) is 11.4 Å². The van der Waals surface area contributed by atoms with Gasteiger partial charge in [-0.2, -0.15) is 5.26 Å². The molecule has 0 bridgehead atoms. The average Bonchev–Trinajstić information content (AvgIpc) is 3.04. The zero-order chi connectivity index (χ0) is 31.1. The summed E-state index contributed by atoms with van der Waals surface area (Å²) in [6, 6.07) is 19.6. The molecule has 5 rings (SSSR count). The molecule has 1 aliphatic rings. The number of halogens is 1. The van der Waals surface area contributed by atoms with Crippen LogP contribution in [-0.4, -0.2) is 46.6 Å². The molecule has 0 amide bonds. The highest BCUT2D eigenvalue weighted by Crippen LogP contribution is 2.34. The van der Waals surface area contributed by atoms with Crippen LogP contribution in [0.4, 0.5) is 0 Å². The minimum absolute atomic E-state index is 0.0179. The van der Waals surface area contributed by atoms with E-state index in [-0.39, 0.29) is 36.1 Å². The maximum absolute atomic E-state index is 13.4. The molecule has 4 aromatic rings. The molecule has 11 nitrogen and oxygen atoms in total. The van der Waals surface area contributed by atoms with Gasteiger partial charge in [-0.05, 0) is 48.0 Å². The van der Waals surface area contributed by atoms with E-state index in [9.17, 15) is 25.1 Å². The third-order valence-corrected chi connectivity index (χ3v) is 7.09. The van der Waals surface area contributed by atoms with Crippen molar-refractivity contribution < 1.29 is 34.0 Å². The molecule has 1 unspecified atom stereocenters. The topological polar surface area (TPSA) is 152 Å². The summed E-state index contributed by atoms with van der Waals surface area (Å²) in [5.41, 5.74) is 2.41. The van der Waals surface area contributed by atoms with Crippen molar-refractivity contribution in [3.05, 3.63) is 111 Å². The van der Waals surface area contributed by atoms with Crippen molar-refractivity contribution in [3.8, 4) is 34.8 Å². The van der Waals surface area contributed by atoms with E-state index in [1.165, 1.54) is 4.57 Å². The number of pyridine rings is 1. The number of aromatic nitrogens is 1. The van der Waals surface area contributed by atoms with Crippen molar-refractivity contribution >= 4 is 17.6 Å². The van der Waals surface area contributed by atoms with Gasteiger partial charge in [0.2, 0.25) is 0 Å². The molecule has 0 spiro atoms. The third kappa shape index (κ3) is 7.12. The van der Waals surface area contributed by atoms with Gasteiger partial charge in [0.15, 0.2) is 11.5 Å². The Morgan fingerprint density at radius 3 is 2.57 bits per heavy atom. The van der Waals surface area contributed by atoms with Gasteiger partial charge in [0.1, 0.15) is 44.0 Å². The summed E-state index contributed by atoms with van der Waals surface area (Å²) in [5, 5.41) is 30.9. The van der Waals surface area contributed by atoms with E-state index < -0.39 is 18.6 Å². The number of nitrogens with one attached hydrogen (secondary N) is 1. The lowest BCUT2D eigenvalue weighted by Crippen LogP contribution is -2.39. The van der Waals surface area contributed by atoms with Gasteiger partial charge in [-0.25, -0.2) is 0 Å². The first-order valence-electron chi connectivity index (χ1n) is 13.6. The Bertz CT molecular complexity index is 1770. The van der Waals surface area contributed by atoms with Crippen molar-refractivity contribution in [2.24, 2.45) is 0 Å². The number of rotatable bonds is 12. The zero-order valence-corrected chi connectivity index (χ0v) is 24.1. The molecule has 0 saturated carbocycles. The minimum Gasteiger partial charge on any atom is -0.488 e. The molecule has 2 heterocycles. The van der Waals surface area contributed by atoms with Crippen LogP contribution in [0.25, 0.3) is 5.69 Å². The van der Waals surface area contributed by atoms with Gasteiger partial charge >= 0.3 is 5.97 Å². The first kappa shape index (κ1) is 30.4. The molecular weight excluding hydrogens is 590 g/mol. The number of fused-ring (bicyclic) bond motifs is 1. The number of carboxylic acids is 1. The number of nitriles is 1. The highest BCUT2D eigenvalue weighted by molar-refractivity contribution is 6.32. The summed E-state index contributed by atoms with van der Waals surface area (Å²) >= 11 is 6.55. The fourth-order valence-corrected chi connectivity index (χ4v) is 4.74. The molecule has 3 N–H and O–H groups in total. The third-order valence-electron chi connectivity index (χ3n) is 6.80. The largest absolute Gasteiger partial charge is 0.488 e. The summed E-state index contributed by atoms with van der Waals surface area (Å²) in [6.07, 6.45) is 1.65. The van der Waals surface area contributed by atoms with Crippen molar-refractivity contribution in [1.29, 1.82) is 5.26 Å². The van der Waals surface area contributed by atoms with Crippen LogP contribution in [0.3, 0.4) is 0 Å². The molecule has 12 heteroatoms. The van der Waals surface area contributed by atoms with Gasteiger partial charge in [-0.1, -0.05) is 23.7 Å². The van der Waals surface area contributed by atoms with Gasteiger partial charge in [0.25, 0.3) is 5.56 Å². The van der Waals surface area contributed by atoms with Crippen LogP contribution >= 0.6 is 11.6 Å². The Morgan fingerprint density at radius 2 is 1.80 bits per heavy atom. The predicted molar refractivity (Wildman–Crippen MR) is 160 cm³/mol. The van der Waals surface area contributed by atoms with Crippen LogP contribution in [0.5, 0.6) is 23.0 Å². The number of nitrogens with zero attached hydrogens (tertiary/aromatic N) is 2. The molecule has 0 saturated heterocycles. The minimum atomic E-state index is -1.21. The summed E-state index contributed by atoms with van der Waals surface area (Å²) in [4.78, 5) is 24.8. The quantitative estimate of drug-likeness (QED) is 0.214. The molecule has 0 aliphatic carbocycles. The van der Waals surface area contributed by atoms with Crippen LogP contribution in [0.1, 0.15) is 22.3 Å². The Hall–Kier alpha value is -5.02. The normalized spacial score (nSPS) is 12.7. The smallest absolute Gasteiger partial charge is 0.323 e. The lowest BCUT2D eigenvalue weighted by atomic mass is 10.1. The summed E-state index contributed by atoms with van der Waals surface area (Å²) in [6.45, 7) is 0.300. The number of benzene rings is 3. The lowest BCUT2D eigenvalue weighted by Gasteiger charge is -2.19. The summed E-state index contributed by atoms with van der Waals surface area (Å²) < 4.78 is 24.8. The first-order valence-corrected chi connectivity index (χ1v) is 14.0. The number of hydrogen-bond acceptors (Lipinski definition) is 9. The van der Waals surface area contributed by atoms with E-state index in [1.807, 2.05) is 0 Å². The maximum Gasteiger partial charge on any atom is 0.323 e. The zero-order valence-electron chi connectivity index (χ0n) is 23.4. The monoisotopic (exact) mass is 617 g/mol. The van der Waals surface area contributed by atoms with Crippen LogP contribution < -0.4 is 29.8 Å². The summed E-state index contributed by atoms with van der Waals surface area (Å²) in [5.74, 6) is 0.542. The van der Waals surface area contributed by atoms with Crippen LogP contribution in [-0.2, 0) is 24.6 Å². The van der Waals surface area contributed by atoms with Gasteiger partial charge in [0.05, 0.1) is 34.5 Å². The number of aliphatic hydroxyl groups excluding tert-OH is 1. The van der Waals surface area contributed by atoms with E-state index in [1.54, 1.807) is 72.9 Å². The van der Waals surface area contributed by atoms with Crippen molar-refractivity contribution in [2.75, 3.05) is 19.8 Å². The molecule has 1 aliphatic heterocycles. The SMILES string of the molecule is N#Cc1cccc(COc2cc(OCc3cccn(-c4ccc5c(c4)OCCO5)c3=O)c(Cl)cc2CNC(CO)C(=O)O)c1. The predicted octanol–water partition coefficient (Wildman–Crippen LogP) is 3.83. The van der Waals surface area contributed by atoms with Crippen molar-refractivity contribution in [1.82, 2.24) is 9.88 Å². The Labute approximate surface area is 257 Å². The second kappa shape index (κ2) is 14.0. The van der Waals surface area contributed by atoms with Gasteiger partial charge < -0.3 is 29.2 Å². The van der Waals surface area contributed by atoms with Crippen molar-refractivity contribution in [3.63, 3.8) is 0 Å². The lowest BCUT2D eigenvalue weighted by molar-refractivity contribution is -0.140.